The van der Waals surface area contributed by atoms with E-state index < -0.39 is 23.6 Å². The molecule has 9 heteroatoms. The van der Waals surface area contributed by atoms with Crippen molar-refractivity contribution in [1.29, 1.82) is 0 Å². The number of carbonyl (C=O) groups is 3. The van der Waals surface area contributed by atoms with Crippen LogP contribution in [0.1, 0.15) is 10.5 Å². The first-order chi connectivity index (χ1) is 12.6. The molecular formula is C17H13N5O3S. The number of hydrogen-bond donors (Lipinski definition) is 2. The highest BCUT2D eigenvalue weighted by Crippen LogP contribution is 2.19. The molecule has 0 spiro atoms. The summed E-state index contributed by atoms with van der Waals surface area (Å²) >= 11 is 5.08. The van der Waals surface area contributed by atoms with Gasteiger partial charge in [-0.1, -0.05) is 24.3 Å². The van der Waals surface area contributed by atoms with Crippen molar-refractivity contribution in [2.24, 2.45) is 11.0 Å². The number of pyridine rings is 1. The molecule has 3 rings (SSSR count). The van der Waals surface area contributed by atoms with Gasteiger partial charge in [-0.05, 0) is 36.5 Å². The van der Waals surface area contributed by atoms with Crippen LogP contribution in [-0.4, -0.2) is 34.0 Å². The number of para-hydroxylation sites is 1. The van der Waals surface area contributed by atoms with Gasteiger partial charge in [-0.2, -0.15) is 5.10 Å². The standard InChI is InChI=1S/C17H13N5O3S/c23-14-12(10-19-21-15(24)13-8-4-5-9-18-13)16(25)22(17(26)20-14)11-6-2-1-3-7-11/h1-10,12H,(H,21,24)(H,20,23,26)/b19-10-/t12-/m1/s1. The lowest BCUT2D eigenvalue weighted by Crippen LogP contribution is -2.58. The summed E-state index contributed by atoms with van der Waals surface area (Å²) in [6, 6.07) is 13.5. The number of nitrogens with one attached hydrogen (secondary N) is 2. The number of hydrazone groups is 1. The molecule has 0 saturated carbocycles. The zero-order valence-electron chi connectivity index (χ0n) is 13.3. The maximum Gasteiger partial charge on any atom is 0.289 e. The highest BCUT2D eigenvalue weighted by atomic mass is 32.1. The van der Waals surface area contributed by atoms with Crippen molar-refractivity contribution in [3.63, 3.8) is 0 Å². The predicted molar refractivity (Wildman–Crippen MR) is 98.4 cm³/mol. The number of thiocarbonyl (C=S) groups is 1. The first-order valence-corrected chi connectivity index (χ1v) is 7.97. The summed E-state index contributed by atoms with van der Waals surface area (Å²) in [5.74, 6) is -2.93. The largest absolute Gasteiger partial charge is 0.301 e. The molecule has 26 heavy (non-hydrogen) atoms. The molecule has 1 aromatic carbocycles. The minimum Gasteiger partial charge on any atom is -0.301 e. The van der Waals surface area contributed by atoms with Gasteiger partial charge in [0.2, 0.25) is 5.91 Å². The average Bonchev–Trinajstić information content (AvgIpc) is 2.65. The molecule has 3 amide bonds. The van der Waals surface area contributed by atoms with E-state index in [2.05, 4.69) is 20.8 Å². The Morgan fingerprint density at radius 2 is 1.92 bits per heavy atom. The maximum atomic E-state index is 12.7. The minimum atomic E-state index is -1.22. The molecule has 1 aromatic heterocycles. The molecule has 0 bridgehead atoms. The van der Waals surface area contributed by atoms with E-state index in [-0.39, 0.29) is 10.8 Å². The molecule has 0 aliphatic carbocycles. The molecule has 2 heterocycles. The van der Waals surface area contributed by atoms with E-state index >= 15 is 0 Å². The van der Waals surface area contributed by atoms with Crippen molar-refractivity contribution >= 4 is 47.0 Å². The Kier molecular flexibility index (Phi) is 5.09. The van der Waals surface area contributed by atoms with Gasteiger partial charge in [-0.25, -0.2) is 5.43 Å². The van der Waals surface area contributed by atoms with Gasteiger partial charge >= 0.3 is 0 Å². The summed E-state index contributed by atoms with van der Waals surface area (Å²) in [5.41, 5.74) is 2.93. The van der Waals surface area contributed by atoms with Gasteiger partial charge in [-0.3, -0.25) is 24.3 Å². The lowest BCUT2D eigenvalue weighted by atomic mass is 10.1. The van der Waals surface area contributed by atoms with Crippen LogP contribution in [0.4, 0.5) is 5.69 Å². The topological polar surface area (TPSA) is 104 Å². The van der Waals surface area contributed by atoms with Crippen molar-refractivity contribution in [3.8, 4) is 0 Å². The van der Waals surface area contributed by atoms with Crippen LogP contribution < -0.4 is 15.6 Å². The summed E-state index contributed by atoms with van der Waals surface area (Å²) in [6.45, 7) is 0. The number of rotatable bonds is 4. The van der Waals surface area contributed by atoms with Crippen LogP contribution in [0.2, 0.25) is 0 Å². The van der Waals surface area contributed by atoms with Gasteiger partial charge < -0.3 is 5.32 Å². The number of nitrogens with zero attached hydrogens (tertiary/aromatic N) is 3. The van der Waals surface area contributed by atoms with Crippen LogP contribution in [-0.2, 0) is 9.59 Å². The van der Waals surface area contributed by atoms with Crippen molar-refractivity contribution in [2.75, 3.05) is 4.90 Å². The number of amides is 3. The number of aromatic nitrogens is 1. The van der Waals surface area contributed by atoms with Crippen LogP contribution in [0, 0.1) is 5.92 Å². The number of hydrogen-bond acceptors (Lipinski definition) is 6. The fourth-order valence-electron chi connectivity index (χ4n) is 2.27. The predicted octanol–water partition coefficient (Wildman–Crippen LogP) is 0.861. The summed E-state index contributed by atoms with van der Waals surface area (Å²) in [5, 5.41) is 6.16. The highest BCUT2D eigenvalue weighted by molar-refractivity contribution is 7.80. The molecule has 2 aromatic rings. The van der Waals surface area contributed by atoms with E-state index in [1.54, 1.807) is 42.5 Å². The average molecular weight is 367 g/mol. The Morgan fingerprint density at radius 3 is 2.62 bits per heavy atom. The van der Waals surface area contributed by atoms with E-state index in [0.717, 1.165) is 6.21 Å². The zero-order chi connectivity index (χ0) is 18.5. The molecule has 1 aliphatic heterocycles. The Bertz CT molecular complexity index is 886. The maximum absolute atomic E-state index is 12.7. The number of benzene rings is 1. The molecule has 8 nitrogen and oxygen atoms in total. The van der Waals surface area contributed by atoms with Crippen molar-refractivity contribution in [2.45, 2.75) is 0 Å². The number of anilines is 1. The lowest BCUT2D eigenvalue weighted by Gasteiger charge is -2.30. The molecule has 2 N–H and O–H groups in total. The Hall–Kier alpha value is -3.46. The summed E-state index contributed by atoms with van der Waals surface area (Å²) in [6.07, 6.45) is 2.53. The second-order valence-electron chi connectivity index (χ2n) is 5.22. The second kappa shape index (κ2) is 7.62. The van der Waals surface area contributed by atoms with E-state index in [1.807, 2.05) is 0 Å². The third-order valence-electron chi connectivity index (χ3n) is 3.50. The van der Waals surface area contributed by atoms with Crippen LogP contribution >= 0.6 is 12.2 Å². The molecule has 130 valence electrons. The first kappa shape index (κ1) is 17.4. The van der Waals surface area contributed by atoms with Crippen LogP contribution in [0.15, 0.2) is 59.8 Å². The van der Waals surface area contributed by atoms with Crippen LogP contribution in [0.5, 0.6) is 0 Å². The smallest absolute Gasteiger partial charge is 0.289 e. The quantitative estimate of drug-likeness (QED) is 0.361. The van der Waals surface area contributed by atoms with E-state index in [9.17, 15) is 14.4 Å². The fourth-order valence-corrected chi connectivity index (χ4v) is 2.56. The minimum absolute atomic E-state index is 0.00614. The monoisotopic (exact) mass is 367 g/mol. The van der Waals surface area contributed by atoms with Gasteiger partial charge in [0, 0.05) is 12.4 Å². The van der Waals surface area contributed by atoms with Gasteiger partial charge in [0.05, 0.1) is 5.69 Å². The van der Waals surface area contributed by atoms with Crippen molar-refractivity contribution in [3.05, 3.63) is 60.4 Å². The summed E-state index contributed by atoms with van der Waals surface area (Å²) in [4.78, 5) is 41.7. The van der Waals surface area contributed by atoms with E-state index in [0.29, 0.717) is 5.69 Å². The van der Waals surface area contributed by atoms with Crippen LogP contribution in [0.25, 0.3) is 0 Å². The first-order valence-electron chi connectivity index (χ1n) is 7.56. The van der Waals surface area contributed by atoms with Gasteiger partial charge in [0.15, 0.2) is 11.0 Å². The Morgan fingerprint density at radius 1 is 1.19 bits per heavy atom. The summed E-state index contributed by atoms with van der Waals surface area (Å²) in [7, 11) is 0. The Labute approximate surface area is 153 Å². The second-order valence-corrected chi connectivity index (χ2v) is 5.60. The van der Waals surface area contributed by atoms with Gasteiger partial charge in [0.1, 0.15) is 5.69 Å². The third kappa shape index (κ3) is 3.62. The van der Waals surface area contributed by atoms with Crippen molar-refractivity contribution < 1.29 is 14.4 Å². The third-order valence-corrected chi connectivity index (χ3v) is 3.79. The lowest BCUT2D eigenvalue weighted by molar-refractivity contribution is -0.130. The number of carbonyl (C=O) groups excluding carboxylic acids is 3. The van der Waals surface area contributed by atoms with Crippen LogP contribution in [0.3, 0.4) is 0 Å². The zero-order valence-corrected chi connectivity index (χ0v) is 14.1. The Balaban J connectivity index is 1.74. The normalized spacial score (nSPS) is 17.3. The molecule has 1 aliphatic rings. The SMILES string of the molecule is O=C(N/N=C\[C@@H]1C(=O)NC(=S)N(c2ccccc2)C1=O)c1ccccn1. The summed E-state index contributed by atoms with van der Waals surface area (Å²) < 4.78 is 0. The van der Waals surface area contributed by atoms with Gasteiger partial charge in [0.25, 0.3) is 11.8 Å². The molecule has 0 unspecified atom stereocenters. The van der Waals surface area contributed by atoms with E-state index in [4.69, 9.17) is 12.2 Å². The molecule has 1 saturated heterocycles. The van der Waals surface area contributed by atoms with Gasteiger partial charge in [-0.15, -0.1) is 0 Å². The fraction of sp³-hybridized carbons (Fsp3) is 0.0588. The molecular weight excluding hydrogens is 354 g/mol. The molecule has 0 radical (unpaired) electrons. The highest BCUT2D eigenvalue weighted by Gasteiger charge is 2.38. The molecule has 1 fully saturated rings. The van der Waals surface area contributed by atoms with Crippen molar-refractivity contribution in [1.82, 2.24) is 15.7 Å². The molecule has 1 atom stereocenters. The van der Waals surface area contributed by atoms with E-state index in [1.165, 1.54) is 17.2 Å².